The highest BCUT2D eigenvalue weighted by Crippen LogP contribution is 2.11. The van der Waals surface area contributed by atoms with Crippen molar-refractivity contribution in [2.45, 2.75) is 19.8 Å². The monoisotopic (exact) mass is 239 g/mol. The summed E-state index contributed by atoms with van der Waals surface area (Å²) < 4.78 is 0. The third kappa shape index (κ3) is 4.03. The number of anilines is 1. The first-order valence-electron chi connectivity index (χ1n) is 5.10. The van der Waals surface area contributed by atoms with E-state index in [4.69, 9.17) is 11.6 Å². The van der Waals surface area contributed by atoms with E-state index in [0.717, 1.165) is 0 Å². The van der Waals surface area contributed by atoms with E-state index in [1.807, 2.05) is 0 Å². The number of ketones is 1. The number of hydrogen-bond acceptors (Lipinski definition) is 2. The van der Waals surface area contributed by atoms with Crippen molar-refractivity contribution in [1.82, 2.24) is 0 Å². The minimum Gasteiger partial charge on any atom is -0.326 e. The van der Waals surface area contributed by atoms with Gasteiger partial charge in [0.15, 0.2) is 5.78 Å². The van der Waals surface area contributed by atoms with Gasteiger partial charge in [-0.25, -0.2) is 0 Å². The first-order chi connectivity index (χ1) is 7.63. The van der Waals surface area contributed by atoms with E-state index in [9.17, 15) is 9.59 Å². The quantitative estimate of drug-likeness (QED) is 0.634. The van der Waals surface area contributed by atoms with Crippen molar-refractivity contribution in [3.8, 4) is 0 Å². The molecule has 1 aromatic carbocycles. The summed E-state index contributed by atoms with van der Waals surface area (Å²) in [6.07, 6.45) is 1.05. The Kier molecular flexibility index (Phi) is 4.99. The minimum atomic E-state index is -0.0821. The Bertz CT molecular complexity index is 390. The molecule has 1 amide bonds. The molecule has 0 unspecified atom stereocenters. The number of nitrogens with one attached hydrogen (secondary N) is 1. The molecule has 0 atom stereocenters. The van der Waals surface area contributed by atoms with E-state index < -0.39 is 0 Å². The van der Waals surface area contributed by atoms with E-state index in [-0.39, 0.29) is 11.7 Å². The van der Waals surface area contributed by atoms with Crippen LogP contribution in [0.15, 0.2) is 24.3 Å². The maximum Gasteiger partial charge on any atom is 0.224 e. The molecule has 0 fully saturated rings. The normalized spacial score (nSPS) is 9.88. The molecular weight excluding hydrogens is 226 g/mol. The van der Waals surface area contributed by atoms with Gasteiger partial charge in [0.1, 0.15) is 0 Å². The van der Waals surface area contributed by atoms with Crippen LogP contribution in [0, 0.1) is 0 Å². The fraction of sp³-hybridized carbons (Fsp3) is 0.333. The van der Waals surface area contributed by atoms with Gasteiger partial charge in [-0.2, -0.15) is 0 Å². The smallest absolute Gasteiger partial charge is 0.224 e. The molecule has 3 nitrogen and oxygen atoms in total. The van der Waals surface area contributed by atoms with Crippen LogP contribution in [-0.4, -0.2) is 17.6 Å². The summed E-state index contributed by atoms with van der Waals surface area (Å²) >= 11 is 5.49. The summed E-state index contributed by atoms with van der Waals surface area (Å²) in [5, 5.41) is 2.72. The molecule has 1 aromatic rings. The van der Waals surface area contributed by atoms with Crippen LogP contribution < -0.4 is 5.32 Å². The maximum absolute atomic E-state index is 11.4. The van der Waals surface area contributed by atoms with Crippen LogP contribution in [0.25, 0.3) is 0 Å². The van der Waals surface area contributed by atoms with Crippen LogP contribution in [0.4, 0.5) is 5.69 Å². The fourth-order valence-electron chi connectivity index (χ4n) is 1.27. The van der Waals surface area contributed by atoms with Crippen LogP contribution >= 0.6 is 11.6 Å². The van der Waals surface area contributed by atoms with Gasteiger partial charge in [0.25, 0.3) is 0 Å². The molecule has 0 spiro atoms. The predicted octanol–water partition coefficient (Wildman–Crippen LogP) is 2.85. The molecule has 0 radical (unpaired) electrons. The van der Waals surface area contributed by atoms with E-state index in [1.165, 1.54) is 6.92 Å². The van der Waals surface area contributed by atoms with Gasteiger partial charge >= 0.3 is 0 Å². The van der Waals surface area contributed by atoms with E-state index >= 15 is 0 Å². The van der Waals surface area contributed by atoms with E-state index in [2.05, 4.69) is 5.32 Å². The zero-order chi connectivity index (χ0) is 12.0. The number of carbonyl (C=O) groups is 2. The van der Waals surface area contributed by atoms with Crippen molar-refractivity contribution in [1.29, 1.82) is 0 Å². The molecule has 1 N–H and O–H groups in total. The summed E-state index contributed by atoms with van der Waals surface area (Å²) in [6.45, 7) is 1.49. The zero-order valence-electron chi connectivity index (χ0n) is 9.13. The van der Waals surface area contributed by atoms with Crippen molar-refractivity contribution in [3.63, 3.8) is 0 Å². The average Bonchev–Trinajstić information content (AvgIpc) is 2.26. The van der Waals surface area contributed by atoms with Crippen LogP contribution in [0.2, 0.25) is 0 Å². The average molecular weight is 240 g/mol. The zero-order valence-corrected chi connectivity index (χ0v) is 9.88. The fourth-order valence-corrected chi connectivity index (χ4v) is 1.40. The highest BCUT2D eigenvalue weighted by Gasteiger charge is 2.04. The Morgan fingerprint density at radius 1 is 1.38 bits per heavy atom. The topological polar surface area (TPSA) is 46.2 Å². The Labute approximate surface area is 99.8 Å². The molecule has 0 saturated heterocycles. The molecule has 0 aromatic heterocycles. The lowest BCUT2D eigenvalue weighted by atomic mass is 10.1. The number of Topliss-reactive ketones (excluding diaryl/α,β-unsaturated/α-hetero) is 1. The van der Waals surface area contributed by atoms with Crippen LogP contribution in [0.1, 0.15) is 30.1 Å². The molecule has 4 heteroatoms. The SMILES string of the molecule is CC(=O)c1cccc(NC(=O)CCCCl)c1. The molecule has 0 aliphatic carbocycles. The first-order valence-corrected chi connectivity index (χ1v) is 5.63. The van der Waals surface area contributed by atoms with Gasteiger partial charge in [-0.1, -0.05) is 12.1 Å². The lowest BCUT2D eigenvalue weighted by molar-refractivity contribution is -0.116. The summed E-state index contributed by atoms with van der Waals surface area (Å²) in [7, 11) is 0. The van der Waals surface area contributed by atoms with Crippen molar-refractivity contribution >= 4 is 29.0 Å². The molecular formula is C12H14ClNO2. The summed E-state index contributed by atoms with van der Waals surface area (Å²) in [4.78, 5) is 22.5. The highest BCUT2D eigenvalue weighted by molar-refractivity contribution is 6.18. The Balaban J connectivity index is 2.63. The molecule has 0 bridgehead atoms. The van der Waals surface area contributed by atoms with Gasteiger partial charge < -0.3 is 5.32 Å². The standard InChI is InChI=1S/C12H14ClNO2/c1-9(15)10-4-2-5-11(8-10)14-12(16)6-3-7-13/h2,4-5,8H,3,6-7H2,1H3,(H,14,16). The van der Waals surface area contributed by atoms with Crippen molar-refractivity contribution in [2.24, 2.45) is 0 Å². The second-order valence-corrected chi connectivity index (χ2v) is 3.86. The number of rotatable bonds is 5. The number of alkyl halides is 1. The molecule has 16 heavy (non-hydrogen) atoms. The maximum atomic E-state index is 11.4. The molecule has 0 aliphatic rings. The van der Waals surface area contributed by atoms with Gasteiger partial charge in [-0.15, -0.1) is 11.6 Å². The van der Waals surface area contributed by atoms with Crippen molar-refractivity contribution in [3.05, 3.63) is 29.8 Å². The van der Waals surface area contributed by atoms with Gasteiger partial charge in [0.05, 0.1) is 0 Å². The van der Waals surface area contributed by atoms with Crippen LogP contribution in [0.3, 0.4) is 0 Å². The van der Waals surface area contributed by atoms with Gasteiger partial charge in [-0.3, -0.25) is 9.59 Å². The highest BCUT2D eigenvalue weighted by atomic mass is 35.5. The van der Waals surface area contributed by atoms with Crippen molar-refractivity contribution in [2.75, 3.05) is 11.2 Å². The van der Waals surface area contributed by atoms with Gasteiger partial charge in [0.2, 0.25) is 5.91 Å². The lowest BCUT2D eigenvalue weighted by Gasteiger charge is -2.05. The Hall–Kier alpha value is -1.35. The predicted molar refractivity (Wildman–Crippen MR) is 65.0 cm³/mol. The molecule has 0 aliphatic heterocycles. The summed E-state index contributed by atoms with van der Waals surface area (Å²) in [5.41, 5.74) is 1.24. The number of benzene rings is 1. The van der Waals surface area contributed by atoms with Gasteiger partial charge in [-0.05, 0) is 25.5 Å². The third-order valence-electron chi connectivity index (χ3n) is 2.09. The third-order valence-corrected chi connectivity index (χ3v) is 2.36. The number of hydrogen-bond donors (Lipinski definition) is 1. The second kappa shape index (κ2) is 6.28. The van der Waals surface area contributed by atoms with Gasteiger partial charge in [0, 0.05) is 23.6 Å². The first kappa shape index (κ1) is 12.7. The molecule has 0 heterocycles. The molecule has 86 valence electrons. The van der Waals surface area contributed by atoms with Crippen molar-refractivity contribution < 1.29 is 9.59 Å². The molecule has 0 saturated carbocycles. The lowest BCUT2D eigenvalue weighted by Crippen LogP contribution is -2.11. The van der Waals surface area contributed by atoms with Crippen LogP contribution in [-0.2, 0) is 4.79 Å². The number of halogens is 1. The largest absolute Gasteiger partial charge is 0.326 e. The van der Waals surface area contributed by atoms with Crippen LogP contribution in [0.5, 0.6) is 0 Å². The number of amides is 1. The summed E-state index contributed by atoms with van der Waals surface area (Å²) in [5.74, 6) is 0.374. The second-order valence-electron chi connectivity index (χ2n) is 3.48. The summed E-state index contributed by atoms with van der Waals surface area (Å²) in [6, 6.07) is 6.89. The van der Waals surface area contributed by atoms with E-state index in [0.29, 0.717) is 30.0 Å². The Morgan fingerprint density at radius 3 is 2.75 bits per heavy atom. The Morgan fingerprint density at radius 2 is 2.12 bits per heavy atom. The minimum absolute atomic E-state index is 0.0168. The molecule has 1 rings (SSSR count). The van der Waals surface area contributed by atoms with E-state index in [1.54, 1.807) is 24.3 Å². The number of carbonyl (C=O) groups excluding carboxylic acids is 2.